The van der Waals surface area contributed by atoms with E-state index in [9.17, 15) is 4.79 Å². The van der Waals surface area contributed by atoms with Gasteiger partial charge in [-0.25, -0.2) is 4.79 Å². The van der Waals surface area contributed by atoms with Crippen LogP contribution in [0.25, 0.3) is 11.0 Å². The third-order valence-electron chi connectivity index (χ3n) is 6.22. The molecule has 0 aliphatic rings. The van der Waals surface area contributed by atoms with Crippen LogP contribution in [-0.2, 0) is 0 Å². The molecule has 0 unspecified atom stereocenters. The number of benzene rings is 1. The Bertz CT molecular complexity index is 1100. The van der Waals surface area contributed by atoms with E-state index < -0.39 is 11.2 Å². The van der Waals surface area contributed by atoms with Gasteiger partial charge in [0, 0.05) is 0 Å². The van der Waals surface area contributed by atoms with Gasteiger partial charge in [-0.1, -0.05) is 75.2 Å². The van der Waals surface area contributed by atoms with Gasteiger partial charge in [-0.2, -0.15) is 0 Å². The third-order valence-corrected chi connectivity index (χ3v) is 6.22. The lowest BCUT2D eigenvalue weighted by molar-refractivity contribution is 0.131. The standard InChI is InChI=1S/C33H50O5/c1-8-9-10-11-12-13-14-15-23-35-31-30(36-24-22-26(4)19-16-18-25(2)3)27-20-17-21-28(38-33(5,6)7)29(27)37-32(31)34/h17-18,20-22H,8-16,19,23-24H2,1-7H3/b26-22+. The second kappa shape index (κ2) is 16.3. The Morgan fingerprint density at radius 1 is 0.895 bits per heavy atom. The third kappa shape index (κ3) is 11.4. The van der Waals surface area contributed by atoms with Gasteiger partial charge in [0.2, 0.25) is 5.75 Å². The summed E-state index contributed by atoms with van der Waals surface area (Å²) in [5.74, 6) is 1.08. The van der Waals surface area contributed by atoms with E-state index in [0.29, 0.717) is 35.7 Å². The van der Waals surface area contributed by atoms with Crippen LogP contribution >= 0.6 is 0 Å². The van der Waals surface area contributed by atoms with Crippen LogP contribution in [0.15, 0.2) is 50.7 Å². The number of fused-ring (bicyclic) bond motifs is 1. The van der Waals surface area contributed by atoms with Gasteiger partial charge in [-0.05, 0) is 79.0 Å². The first-order chi connectivity index (χ1) is 18.1. The number of unbranched alkanes of at least 4 members (excludes halogenated alkanes) is 7. The molecule has 0 spiro atoms. The maximum absolute atomic E-state index is 13.1. The fraction of sp³-hybridized carbons (Fsp3) is 0.606. The van der Waals surface area contributed by atoms with E-state index >= 15 is 0 Å². The highest BCUT2D eigenvalue weighted by Crippen LogP contribution is 2.38. The number of para-hydroxylation sites is 1. The fourth-order valence-corrected chi connectivity index (χ4v) is 4.20. The second-order valence-electron chi connectivity index (χ2n) is 11.4. The molecule has 0 N–H and O–H groups in total. The molecule has 5 heteroatoms. The molecule has 38 heavy (non-hydrogen) atoms. The summed E-state index contributed by atoms with van der Waals surface area (Å²) in [5, 5.41) is 0.674. The molecule has 212 valence electrons. The van der Waals surface area contributed by atoms with Gasteiger partial charge in [0.25, 0.3) is 0 Å². The number of ether oxygens (including phenoxy) is 3. The first-order valence-corrected chi connectivity index (χ1v) is 14.5. The monoisotopic (exact) mass is 526 g/mol. The molecule has 2 rings (SSSR count). The molecule has 0 bridgehead atoms. The summed E-state index contributed by atoms with van der Waals surface area (Å²) in [6, 6.07) is 5.59. The summed E-state index contributed by atoms with van der Waals surface area (Å²) < 4.78 is 24.0. The van der Waals surface area contributed by atoms with Gasteiger partial charge in [0.1, 0.15) is 12.2 Å². The quantitative estimate of drug-likeness (QED) is 0.117. The van der Waals surface area contributed by atoms with Crippen molar-refractivity contribution in [3.63, 3.8) is 0 Å². The van der Waals surface area contributed by atoms with Crippen LogP contribution in [0.4, 0.5) is 0 Å². The summed E-state index contributed by atoms with van der Waals surface area (Å²) in [7, 11) is 0. The number of allylic oxidation sites excluding steroid dienone is 3. The van der Waals surface area contributed by atoms with Crippen LogP contribution in [0.1, 0.15) is 113 Å². The molecule has 0 saturated heterocycles. The minimum absolute atomic E-state index is 0.143. The lowest BCUT2D eigenvalue weighted by Crippen LogP contribution is -2.23. The molecule has 1 aromatic heterocycles. The van der Waals surface area contributed by atoms with E-state index in [-0.39, 0.29) is 5.75 Å². The number of hydrogen-bond donors (Lipinski definition) is 0. The molecule has 1 aromatic carbocycles. The zero-order valence-corrected chi connectivity index (χ0v) is 24.9. The average Bonchev–Trinajstić information content (AvgIpc) is 2.83. The SMILES string of the molecule is CCCCCCCCCCOc1c(OC/C=C(\C)CCC=C(C)C)c2cccc(OC(C)(C)C)c2oc1=O. The molecule has 0 fully saturated rings. The van der Waals surface area contributed by atoms with Gasteiger partial charge in [0.05, 0.1) is 12.0 Å². The average molecular weight is 527 g/mol. The van der Waals surface area contributed by atoms with Crippen LogP contribution in [0, 0.1) is 0 Å². The molecule has 0 amide bonds. The Morgan fingerprint density at radius 2 is 1.58 bits per heavy atom. The molecule has 0 aliphatic heterocycles. The van der Waals surface area contributed by atoms with Crippen molar-refractivity contribution in [3.8, 4) is 17.2 Å². The van der Waals surface area contributed by atoms with Crippen LogP contribution in [0.5, 0.6) is 17.2 Å². The predicted octanol–water partition coefficient (Wildman–Crippen LogP) is 9.56. The fourth-order valence-electron chi connectivity index (χ4n) is 4.20. The van der Waals surface area contributed by atoms with E-state index in [0.717, 1.165) is 25.7 Å². The number of rotatable bonds is 17. The molecule has 1 heterocycles. The highest BCUT2D eigenvalue weighted by molar-refractivity contribution is 5.90. The zero-order chi connectivity index (χ0) is 28.0. The Labute approximate surface area is 230 Å². The highest BCUT2D eigenvalue weighted by Gasteiger charge is 2.22. The second-order valence-corrected chi connectivity index (χ2v) is 11.4. The smallest absolute Gasteiger partial charge is 0.383 e. The molecule has 2 aromatic rings. The van der Waals surface area contributed by atoms with E-state index in [1.165, 1.54) is 49.7 Å². The van der Waals surface area contributed by atoms with Crippen LogP contribution < -0.4 is 19.8 Å². The Morgan fingerprint density at radius 3 is 2.24 bits per heavy atom. The van der Waals surface area contributed by atoms with Gasteiger partial charge in [0.15, 0.2) is 17.1 Å². The van der Waals surface area contributed by atoms with Crippen LogP contribution in [-0.4, -0.2) is 18.8 Å². The molecule has 0 radical (unpaired) electrons. The molecule has 0 saturated carbocycles. The van der Waals surface area contributed by atoms with E-state index in [4.69, 9.17) is 18.6 Å². The Kier molecular flexibility index (Phi) is 13.5. The largest absolute Gasteiger partial charge is 0.485 e. The zero-order valence-electron chi connectivity index (χ0n) is 24.9. The predicted molar refractivity (Wildman–Crippen MR) is 159 cm³/mol. The molecule has 0 atom stereocenters. The summed E-state index contributed by atoms with van der Waals surface area (Å²) in [6.45, 7) is 15.3. The normalized spacial score (nSPS) is 12.0. The highest BCUT2D eigenvalue weighted by atomic mass is 16.5. The maximum atomic E-state index is 13.1. The molecule has 0 aliphatic carbocycles. The lowest BCUT2D eigenvalue weighted by Gasteiger charge is -2.22. The molecular formula is C33H50O5. The summed E-state index contributed by atoms with van der Waals surface area (Å²) in [5.41, 5.74) is 1.97. The Hall–Kier alpha value is -2.69. The van der Waals surface area contributed by atoms with Crippen molar-refractivity contribution in [2.45, 2.75) is 118 Å². The van der Waals surface area contributed by atoms with Crippen molar-refractivity contribution in [2.75, 3.05) is 13.2 Å². The van der Waals surface area contributed by atoms with Gasteiger partial charge in [-0.15, -0.1) is 0 Å². The Balaban J connectivity index is 2.20. The van der Waals surface area contributed by atoms with Crippen molar-refractivity contribution >= 4 is 11.0 Å². The van der Waals surface area contributed by atoms with Gasteiger partial charge >= 0.3 is 5.63 Å². The van der Waals surface area contributed by atoms with Crippen molar-refractivity contribution in [1.82, 2.24) is 0 Å². The first kappa shape index (κ1) is 31.5. The number of hydrogen-bond acceptors (Lipinski definition) is 5. The van der Waals surface area contributed by atoms with Crippen molar-refractivity contribution in [3.05, 3.63) is 51.9 Å². The van der Waals surface area contributed by atoms with Gasteiger partial charge in [-0.3, -0.25) is 0 Å². The maximum Gasteiger partial charge on any atom is 0.383 e. The first-order valence-electron chi connectivity index (χ1n) is 14.5. The van der Waals surface area contributed by atoms with Crippen LogP contribution in [0.2, 0.25) is 0 Å². The molecular weight excluding hydrogens is 476 g/mol. The van der Waals surface area contributed by atoms with E-state index in [1.807, 2.05) is 39.0 Å². The summed E-state index contributed by atoms with van der Waals surface area (Å²) in [6.07, 6.45) is 15.9. The summed E-state index contributed by atoms with van der Waals surface area (Å²) >= 11 is 0. The summed E-state index contributed by atoms with van der Waals surface area (Å²) in [4.78, 5) is 13.1. The van der Waals surface area contributed by atoms with E-state index in [1.54, 1.807) is 0 Å². The minimum atomic E-state index is -0.540. The van der Waals surface area contributed by atoms with Gasteiger partial charge < -0.3 is 18.6 Å². The lowest BCUT2D eigenvalue weighted by atomic mass is 10.1. The van der Waals surface area contributed by atoms with E-state index in [2.05, 4.69) is 39.8 Å². The van der Waals surface area contributed by atoms with Crippen molar-refractivity contribution in [1.29, 1.82) is 0 Å². The van der Waals surface area contributed by atoms with Crippen molar-refractivity contribution < 1.29 is 18.6 Å². The van der Waals surface area contributed by atoms with Crippen molar-refractivity contribution in [2.24, 2.45) is 0 Å². The van der Waals surface area contributed by atoms with Crippen LogP contribution in [0.3, 0.4) is 0 Å². The topological polar surface area (TPSA) is 57.9 Å². The molecule has 5 nitrogen and oxygen atoms in total. The minimum Gasteiger partial charge on any atom is -0.485 e.